The van der Waals surface area contributed by atoms with Crippen molar-refractivity contribution < 1.29 is 61.4 Å². The van der Waals surface area contributed by atoms with Crippen LogP contribution in [0.1, 0.15) is 28.4 Å². The summed E-state index contributed by atoms with van der Waals surface area (Å²) in [4.78, 5) is 26.3. The summed E-state index contributed by atoms with van der Waals surface area (Å²) in [5.41, 5.74) is 4.30. The van der Waals surface area contributed by atoms with E-state index in [1.165, 1.54) is 0 Å². The van der Waals surface area contributed by atoms with E-state index >= 15 is 0 Å². The van der Waals surface area contributed by atoms with Gasteiger partial charge in [0.05, 0.1) is 0 Å². The summed E-state index contributed by atoms with van der Waals surface area (Å²) >= 11 is -0.216. The molecule has 1 saturated heterocycles. The number of hydrogen-bond donors (Lipinski definition) is 1. The van der Waals surface area contributed by atoms with E-state index in [1.54, 1.807) is 0 Å². The molecule has 1 N–H and O–H groups in total. The molecule has 2 atom stereocenters. The fourth-order valence-electron chi connectivity index (χ4n) is 2.87. The number of esters is 1. The predicted octanol–water partition coefficient (Wildman–Crippen LogP) is -4.89. The van der Waals surface area contributed by atoms with E-state index in [2.05, 4.69) is 8.46 Å². The summed E-state index contributed by atoms with van der Waals surface area (Å²) in [7, 11) is 0. The fraction of sp³-hybridized carbons (Fsp3) is 0.467. The topological polar surface area (TPSA) is 78.5 Å². The summed E-state index contributed by atoms with van der Waals surface area (Å²) in [6.45, 7) is 2.39. The van der Waals surface area contributed by atoms with Crippen LogP contribution in [-0.4, -0.2) is 30.8 Å². The molecule has 0 aromatic carbocycles. The number of ketones is 1. The van der Waals surface area contributed by atoms with Crippen molar-refractivity contribution in [2.75, 3.05) is 11.5 Å². The molecule has 2 unspecified atom stereocenters. The number of furan rings is 2. The van der Waals surface area contributed by atoms with Gasteiger partial charge < -0.3 is 0 Å². The van der Waals surface area contributed by atoms with E-state index in [-0.39, 0.29) is 57.9 Å². The first-order chi connectivity index (χ1) is 10.5. The molecule has 0 spiro atoms. The Labute approximate surface area is 148 Å². The number of nitrogens with one attached hydrogen (secondary N) is 1. The summed E-state index contributed by atoms with van der Waals surface area (Å²) < 4.78 is 14.6. The number of benzene rings is 1. The van der Waals surface area contributed by atoms with Crippen molar-refractivity contribution >= 4 is 22.9 Å². The maximum absolute atomic E-state index is 12.4. The zero-order valence-corrected chi connectivity index (χ0v) is 16.5. The van der Waals surface area contributed by atoms with Crippen LogP contribution in [0.5, 0.6) is 0 Å². The quantitative estimate of drug-likeness (QED) is 0.102. The van der Waals surface area contributed by atoms with Gasteiger partial charge >= 0.3 is 149 Å². The van der Waals surface area contributed by atoms with Crippen LogP contribution in [0, 0.1) is 0 Å². The second-order valence-electron chi connectivity index (χ2n) is 5.64. The number of Topliss-reactive ketones (excluding diaryl/α,β-unsaturated/α-hetero) is 1. The van der Waals surface area contributed by atoms with Crippen molar-refractivity contribution in [3.8, 4) is 0 Å². The standard InChI is InChI=1S/C15H15I2NO4/c1-15(16-2,13-17-18-13)14(20)21-4-3-7-8-5-10(19)9-6-11(7)22-12(8)9/h6,13,18H,3-5H2,1-2H3/q-2. The van der Waals surface area contributed by atoms with Crippen molar-refractivity contribution in [2.45, 2.75) is 27.2 Å². The average molecular weight is 527 g/mol. The Morgan fingerprint density at radius 3 is 3.09 bits per heavy atom. The van der Waals surface area contributed by atoms with Gasteiger partial charge in [0.25, 0.3) is 0 Å². The Bertz CT molecular complexity index is 767. The van der Waals surface area contributed by atoms with Gasteiger partial charge in [-0.05, 0) is 0 Å². The first-order valence-electron chi connectivity index (χ1n) is 7.00. The average Bonchev–Trinajstić information content (AvgIpc) is 3.15. The molecule has 0 radical (unpaired) electrons. The Morgan fingerprint density at radius 2 is 2.41 bits per heavy atom. The summed E-state index contributed by atoms with van der Waals surface area (Å²) in [5, 5.41) is 0. The predicted molar refractivity (Wildman–Crippen MR) is 71.4 cm³/mol. The number of alkyl halides is 3. The van der Waals surface area contributed by atoms with Crippen LogP contribution in [0.2, 0.25) is 0 Å². The van der Waals surface area contributed by atoms with Crippen LogP contribution in [0.25, 0.3) is 11.2 Å². The molecule has 2 aromatic heterocycles. The zero-order chi connectivity index (χ0) is 15.5. The van der Waals surface area contributed by atoms with Gasteiger partial charge in [-0.2, -0.15) is 0 Å². The number of fused-ring (bicyclic) bond motifs is 1. The maximum atomic E-state index is 12.4. The van der Waals surface area contributed by atoms with Crippen LogP contribution in [0.15, 0.2) is 10.5 Å². The Kier molecular flexibility index (Phi) is 3.65. The van der Waals surface area contributed by atoms with Crippen molar-refractivity contribution in [3.63, 3.8) is 0 Å². The molecule has 2 aromatic rings. The monoisotopic (exact) mass is 527 g/mol. The fourth-order valence-corrected chi connectivity index (χ4v) is 8.78. The molecule has 22 heavy (non-hydrogen) atoms. The van der Waals surface area contributed by atoms with Crippen LogP contribution in [0.3, 0.4) is 0 Å². The van der Waals surface area contributed by atoms with Gasteiger partial charge in [-0.15, -0.1) is 0 Å². The van der Waals surface area contributed by atoms with Gasteiger partial charge in [0, 0.05) is 0 Å². The molecule has 4 rings (SSSR count). The van der Waals surface area contributed by atoms with Gasteiger partial charge in [0.15, 0.2) is 0 Å². The zero-order valence-electron chi connectivity index (χ0n) is 12.2. The van der Waals surface area contributed by atoms with E-state index in [9.17, 15) is 9.59 Å². The van der Waals surface area contributed by atoms with E-state index < -0.39 is 0 Å². The van der Waals surface area contributed by atoms with Crippen LogP contribution >= 0.6 is 0 Å². The molecule has 1 aliphatic heterocycles. The van der Waals surface area contributed by atoms with Gasteiger partial charge in [0.1, 0.15) is 0 Å². The molecule has 2 aliphatic rings. The third kappa shape index (κ3) is 2.19. The Hall–Kier alpha value is -0.420. The molecule has 2 bridgehead atoms. The number of rotatable bonds is 6. The number of ether oxygens (including phenoxy) is 1. The molecule has 3 heterocycles. The molecule has 0 saturated carbocycles. The number of hydrogen-bond acceptors (Lipinski definition) is 5. The molecule has 5 nitrogen and oxygen atoms in total. The normalized spacial score (nSPS) is 22.8. The van der Waals surface area contributed by atoms with Gasteiger partial charge in [-0.3, -0.25) is 0 Å². The van der Waals surface area contributed by atoms with E-state index in [1.807, 2.05) is 13.0 Å². The Balaban J connectivity index is 1.41. The minimum absolute atomic E-state index is 0.000116. The molecular formula is C15H15I2NO4-2. The minimum atomic E-state index is -0.284. The summed E-state index contributed by atoms with van der Waals surface area (Å²) in [6, 6.07) is 1.82. The van der Waals surface area contributed by atoms with Crippen LogP contribution in [-0.2, 0) is 22.4 Å². The van der Waals surface area contributed by atoms with Crippen molar-refractivity contribution in [3.05, 3.63) is 22.8 Å². The van der Waals surface area contributed by atoms with Crippen LogP contribution in [0.4, 0.5) is 0 Å². The number of carbonyl (C=O) groups is 2. The molecule has 0 amide bonds. The first-order valence-corrected chi connectivity index (χ1v) is 12.6. The number of carbonyl (C=O) groups excluding carboxylic acids is 2. The van der Waals surface area contributed by atoms with E-state index in [0.29, 0.717) is 23.5 Å². The third-order valence-corrected chi connectivity index (χ3v) is 11.4. The Morgan fingerprint density at radius 1 is 1.64 bits per heavy atom. The SMILES string of the molecule is C[I-]C(C)(C(=O)OCCc1c2c3oc1cc3C(=O)C2)C1N[I-]1. The van der Waals surface area contributed by atoms with E-state index in [4.69, 9.17) is 9.15 Å². The third-order valence-electron chi connectivity index (χ3n) is 4.38. The second-order valence-corrected chi connectivity index (χ2v) is 11.5. The number of halogens is 2. The van der Waals surface area contributed by atoms with E-state index in [0.717, 1.165) is 27.9 Å². The van der Waals surface area contributed by atoms with Crippen molar-refractivity contribution in [2.24, 2.45) is 0 Å². The van der Waals surface area contributed by atoms with Crippen LogP contribution < -0.4 is 46.2 Å². The molecule has 1 aliphatic carbocycles. The summed E-state index contributed by atoms with van der Waals surface area (Å²) in [6.07, 6.45) is 1.06. The van der Waals surface area contributed by atoms with Gasteiger partial charge in [-0.25, -0.2) is 0 Å². The molecular weight excluding hydrogens is 512 g/mol. The first kappa shape index (κ1) is 15.1. The second kappa shape index (κ2) is 5.30. The van der Waals surface area contributed by atoms with Gasteiger partial charge in [-0.1, -0.05) is 0 Å². The van der Waals surface area contributed by atoms with Crippen molar-refractivity contribution in [1.29, 1.82) is 0 Å². The molecule has 120 valence electrons. The molecule has 7 heteroatoms. The van der Waals surface area contributed by atoms with Crippen molar-refractivity contribution in [1.82, 2.24) is 3.53 Å². The van der Waals surface area contributed by atoms with Gasteiger partial charge in [0.2, 0.25) is 0 Å². The molecule has 1 fully saturated rings. The summed E-state index contributed by atoms with van der Waals surface area (Å²) in [5.74, 6) is 0.0718.